The molecular formula is C31H35N3O2. The van der Waals surface area contributed by atoms with Crippen LogP contribution in [0.2, 0.25) is 0 Å². The van der Waals surface area contributed by atoms with Crippen molar-refractivity contribution < 1.29 is 9.53 Å². The second kappa shape index (κ2) is 10.6. The van der Waals surface area contributed by atoms with Gasteiger partial charge in [0.15, 0.2) is 0 Å². The van der Waals surface area contributed by atoms with Crippen LogP contribution in [0.4, 0.5) is 0 Å². The first kappa shape index (κ1) is 24.1. The van der Waals surface area contributed by atoms with E-state index in [9.17, 15) is 4.79 Å². The highest BCUT2D eigenvalue weighted by Crippen LogP contribution is 2.35. The van der Waals surface area contributed by atoms with Crippen molar-refractivity contribution in [1.29, 1.82) is 0 Å². The Morgan fingerprint density at radius 1 is 0.944 bits per heavy atom. The van der Waals surface area contributed by atoms with E-state index >= 15 is 0 Å². The molecule has 3 aromatic carbocycles. The van der Waals surface area contributed by atoms with Crippen LogP contribution >= 0.6 is 0 Å². The summed E-state index contributed by atoms with van der Waals surface area (Å²) in [6.45, 7) is 8.57. The number of hydrogen-bond acceptors (Lipinski definition) is 3. The number of carbonyl (C=O) groups excluding carboxylic acids is 1. The van der Waals surface area contributed by atoms with Crippen molar-refractivity contribution in [3.05, 3.63) is 95.3 Å². The van der Waals surface area contributed by atoms with Gasteiger partial charge in [0.1, 0.15) is 11.6 Å². The molecule has 1 aromatic heterocycles. The fraction of sp³-hybridized carbons (Fsp3) is 0.355. The molecule has 2 unspecified atom stereocenters. The summed E-state index contributed by atoms with van der Waals surface area (Å²) in [6, 6.07) is 24.9. The van der Waals surface area contributed by atoms with Gasteiger partial charge < -0.3 is 14.2 Å². The molecule has 0 radical (unpaired) electrons. The molecule has 1 saturated heterocycles. The molecule has 2 heterocycles. The number of carbonyl (C=O) groups is 1. The number of benzene rings is 3. The van der Waals surface area contributed by atoms with Gasteiger partial charge in [0.05, 0.1) is 23.7 Å². The number of likely N-dealkylation sites (tertiary alicyclic amines) is 1. The van der Waals surface area contributed by atoms with Crippen LogP contribution in [0, 0.1) is 13.8 Å². The van der Waals surface area contributed by atoms with E-state index in [0.717, 1.165) is 42.0 Å². The van der Waals surface area contributed by atoms with Gasteiger partial charge in [-0.25, -0.2) is 4.98 Å². The fourth-order valence-corrected chi connectivity index (χ4v) is 5.40. The number of rotatable bonds is 9. The van der Waals surface area contributed by atoms with Crippen molar-refractivity contribution in [2.24, 2.45) is 0 Å². The van der Waals surface area contributed by atoms with Crippen molar-refractivity contribution in [3.8, 4) is 5.75 Å². The van der Waals surface area contributed by atoms with Gasteiger partial charge in [0, 0.05) is 25.4 Å². The van der Waals surface area contributed by atoms with Crippen LogP contribution < -0.4 is 4.74 Å². The minimum absolute atomic E-state index is 0.0589. The molecule has 1 amide bonds. The lowest BCUT2D eigenvalue weighted by Gasteiger charge is -2.25. The third kappa shape index (κ3) is 4.88. The highest BCUT2D eigenvalue weighted by molar-refractivity contribution is 5.81. The van der Waals surface area contributed by atoms with Crippen molar-refractivity contribution in [3.63, 3.8) is 0 Å². The number of fused-ring (bicyclic) bond motifs is 1. The first-order valence-electron chi connectivity index (χ1n) is 13.0. The number of para-hydroxylation sites is 3. The fourth-order valence-electron chi connectivity index (χ4n) is 5.40. The molecule has 2 atom stereocenters. The molecule has 0 saturated carbocycles. The van der Waals surface area contributed by atoms with E-state index in [1.54, 1.807) is 0 Å². The Morgan fingerprint density at radius 2 is 1.67 bits per heavy atom. The quantitative estimate of drug-likeness (QED) is 0.253. The van der Waals surface area contributed by atoms with E-state index in [1.165, 1.54) is 16.7 Å². The summed E-state index contributed by atoms with van der Waals surface area (Å²) in [5.74, 6) is 2.34. The third-order valence-corrected chi connectivity index (χ3v) is 7.39. The Bertz CT molecular complexity index is 1320. The Morgan fingerprint density at radius 3 is 2.44 bits per heavy atom. The van der Waals surface area contributed by atoms with Gasteiger partial charge in [0.25, 0.3) is 0 Å². The number of imidazole rings is 1. The first-order chi connectivity index (χ1) is 17.5. The molecule has 0 spiro atoms. The largest absolute Gasteiger partial charge is 0.493 e. The zero-order chi connectivity index (χ0) is 25.1. The zero-order valence-corrected chi connectivity index (χ0v) is 21.5. The minimum atomic E-state index is 0.0589. The molecule has 5 nitrogen and oxygen atoms in total. The molecule has 5 rings (SSSR count). The van der Waals surface area contributed by atoms with Crippen molar-refractivity contribution in [1.82, 2.24) is 14.5 Å². The number of aromatic nitrogens is 2. The summed E-state index contributed by atoms with van der Waals surface area (Å²) in [5, 5.41) is 0. The smallest absolute Gasteiger partial charge is 0.223 e. The molecule has 1 aliphatic heterocycles. The van der Waals surface area contributed by atoms with Crippen LogP contribution in [0.25, 0.3) is 11.0 Å². The van der Waals surface area contributed by atoms with Gasteiger partial charge in [-0.15, -0.1) is 0 Å². The Hall–Kier alpha value is -3.60. The van der Waals surface area contributed by atoms with E-state index in [-0.39, 0.29) is 17.9 Å². The van der Waals surface area contributed by atoms with Gasteiger partial charge in [0.2, 0.25) is 5.91 Å². The second-order valence-electron chi connectivity index (χ2n) is 9.92. The standard InChI is InChI=1S/C31H35N3O2/c1-22-12-11-13-23(2)30(22)36-19-10-9-18-33-28-17-8-7-16-27(28)32-31(33)26-20-29(35)34(21-26)24(3)25-14-5-4-6-15-25/h4-8,11-17,24,26H,9-10,18-21H2,1-3H3. The molecule has 1 fully saturated rings. The summed E-state index contributed by atoms with van der Waals surface area (Å²) >= 11 is 0. The first-order valence-corrected chi connectivity index (χ1v) is 13.0. The van der Waals surface area contributed by atoms with Gasteiger partial charge in [-0.2, -0.15) is 0 Å². The van der Waals surface area contributed by atoms with Crippen LogP contribution in [-0.4, -0.2) is 33.5 Å². The number of aryl methyl sites for hydroxylation is 3. The number of hydrogen-bond donors (Lipinski definition) is 0. The summed E-state index contributed by atoms with van der Waals surface area (Å²) in [7, 11) is 0. The van der Waals surface area contributed by atoms with Crippen molar-refractivity contribution >= 4 is 16.9 Å². The number of ether oxygens (including phenoxy) is 1. The highest BCUT2D eigenvalue weighted by Gasteiger charge is 2.36. The van der Waals surface area contributed by atoms with Crippen molar-refractivity contribution in [2.75, 3.05) is 13.2 Å². The minimum Gasteiger partial charge on any atom is -0.493 e. The summed E-state index contributed by atoms with van der Waals surface area (Å²) in [6.07, 6.45) is 2.46. The van der Waals surface area contributed by atoms with Gasteiger partial charge in [-0.05, 0) is 62.4 Å². The molecule has 186 valence electrons. The number of nitrogens with zero attached hydrogens (tertiary/aromatic N) is 3. The van der Waals surface area contributed by atoms with E-state index in [2.05, 4.69) is 73.9 Å². The SMILES string of the molecule is Cc1cccc(C)c1OCCCCn1c(C2CC(=O)N(C(C)c3ccccc3)C2)nc2ccccc21. The lowest BCUT2D eigenvalue weighted by atomic mass is 10.1. The van der Waals surface area contributed by atoms with E-state index < -0.39 is 0 Å². The van der Waals surface area contributed by atoms with Gasteiger partial charge >= 0.3 is 0 Å². The number of unbranched alkanes of at least 4 members (excludes halogenated alkanes) is 1. The summed E-state index contributed by atoms with van der Waals surface area (Å²) in [4.78, 5) is 20.1. The highest BCUT2D eigenvalue weighted by atomic mass is 16.5. The maximum absolute atomic E-state index is 13.1. The lowest BCUT2D eigenvalue weighted by Crippen LogP contribution is -2.28. The van der Waals surface area contributed by atoms with Crippen LogP contribution in [0.15, 0.2) is 72.8 Å². The molecule has 1 aliphatic rings. The van der Waals surface area contributed by atoms with Crippen LogP contribution in [0.3, 0.4) is 0 Å². The summed E-state index contributed by atoms with van der Waals surface area (Å²) < 4.78 is 8.46. The monoisotopic (exact) mass is 481 g/mol. The van der Waals surface area contributed by atoms with Gasteiger partial charge in [-0.1, -0.05) is 60.7 Å². The maximum atomic E-state index is 13.1. The van der Waals surface area contributed by atoms with Crippen molar-refractivity contribution in [2.45, 2.75) is 58.5 Å². The predicted octanol–water partition coefficient (Wildman–Crippen LogP) is 6.59. The predicted molar refractivity (Wildman–Crippen MR) is 144 cm³/mol. The average molecular weight is 482 g/mol. The molecular weight excluding hydrogens is 446 g/mol. The molecule has 5 heteroatoms. The van der Waals surface area contributed by atoms with Crippen LogP contribution in [0.1, 0.15) is 60.7 Å². The molecule has 0 N–H and O–H groups in total. The van der Waals surface area contributed by atoms with Gasteiger partial charge in [-0.3, -0.25) is 4.79 Å². The normalized spacial score (nSPS) is 16.6. The molecule has 36 heavy (non-hydrogen) atoms. The molecule has 4 aromatic rings. The summed E-state index contributed by atoms with van der Waals surface area (Å²) in [5.41, 5.74) is 5.67. The Balaban J connectivity index is 1.29. The average Bonchev–Trinajstić information content (AvgIpc) is 3.46. The molecule has 0 aliphatic carbocycles. The third-order valence-electron chi connectivity index (χ3n) is 7.39. The second-order valence-corrected chi connectivity index (χ2v) is 9.92. The maximum Gasteiger partial charge on any atom is 0.223 e. The van der Waals surface area contributed by atoms with E-state index in [0.29, 0.717) is 19.6 Å². The Kier molecular flexibility index (Phi) is 7.08. The van der Waals surface area contributed by atoms with Crippen LogP contribution in [0.5, 0.6) is 5.75 Å². The Labute approximate surface area is 213 Å². The van der Waals surface area contributed by atoms with Crippen LogP contribution in [-0.2, 0) is 11.3 Å². The van der Waals surface area contributed by atoms with E-state index in [1.807, 2.05) is 29.2 Å². The zero-order valence-electron chi connectivity index (χ0n) is 21.5. The van der Waals surface area contributed by atoms with E-state index in [4.69, 9.17) is 9.72 Å². The lowest BCUT2D eigenvalue weighted by molar-refractivity contribution is -0.129. The number of amides is 1. The molecule has 0 bridgehead atoms. The topological polar surface area (TPSA) is 47.4 Å².